The number of aryl methyl sites for hydroxylation is 2. The van der Waals surface area contributed by atoms with E-state index in [1.165, 1.54) is 21.3 Å². The van der Waals surface area contributed by atoms with Gasteiger partial charge < -0.3 is 14.2 Å². The smallest absolute Gasteiger partial charge is 0.241 e. The van der Waals surface area contributed by atoms with Crippen LogP contribution in [0, 0.1) is 13.8 Å². The van der Waals surface area contributed by atoms with Crippen molar-refractivity contribution in [3.8, 4) is 17.2 Å². The molecule has 136 valence electrons. The Morgan fingerprint density at radius 1 is 0.880 bits per heavy atom. The zero-order chi connectivity index (χ0) is 18.6. The molecule has 1 N–H and O–H groups in total. The number of hydrogen-bond acceptors (Lipinski definition) is 5. The van der Waals surface area contributed by atoms with E-state index in [1.54, 1.807) is 31.2 Å². The zero-order valence-corrected chi connectivity index (χ0v) is 15.9. The molecule has 0 unspecified atom stereocenters. The molecule has 7 heteroatoms. The summed E-state index contributed by atoms with van der Waals surface area (Å²) in [4.78, 5) is 0.262. The van der Waals surface area contributed by atoms with Crippen molar-refractivity contribution in [3.63, 3.8) is 0 Å². The highest BCUT2D eigenvalue weighted by Gasteiger charge is 2.18. The minimum atomic E-state index is -3.64. The molecule has 0 aliphatic rings. The van der Waals surface area contributed by atoms with E-state index in [9.17, 15) is 8.42 Å². The molecule has 0 spiro atoms. The summed E-state index contributed by atoms with van der Waals surface area (Å²) in [6.45, 7) is 3.77. The van der Waals surface area contributed by atoms with Gasteiger partial charge in [-0.3, -0.25) is 0 Å². The molecule has 0 saturated heterocycles. The summed E-state index contributed by atoms with van der Waals surface area (Å²) in [7, 11) is 0.923. The first-order valence-electron chi connectivity index (χ1n) is 7.68. The van der Waals surface area contributed by atoms with Gasteiger partial charge in [-0.2, -0.15) is 0 Å². The van der Waals surface area contributed by atoms with Gasteiger partial charge in [0.1, 0.15) is 5.75 Å². The number of sulfonamides is 1. The van der Waals surface area contributed by atoms with Crippen molar-refractivity contribution in [1.82, 2.24) is 4.72 Å². The first-order valence-corrected chi connectivity index (χ1v) is 9.16. The number of rotatable bonds is 7. The highest BCUT2D eigenvalue weighted by molar-refractivity contribution is 7.89. The average Bonchev–Trinajstić information content (AvgIpc) is 2.58. The van der Waals surface area contributed by atoms with Gasteiger partial charge in [-0.05, 0) is 31.5 Å². The normalized spacial score (nSPS) is 11.2. The molecule has 2 aromatic rings. The summed E-state index contributed by atoms with van der Waals surface area (Å²) in [6, 6.07) is 8.59. The highest BCUT2D eigenvalue weighted by Crippen LogP contribution is 2.34. The van der Waals surface area contributed by atoms with Gasteiger partial charge >= 0.3 is 0 Å². The molecule has 25 heavy (non-hydrogen) atoms. The van der Waals surface area contributed by atoms with E-state index in [0.717, 1.165) is 5.56 Å². The van der Waals surface area contributed by atoms with Crippen LogP contribution in [0.4, 0.5) is 0 Å². The zero-order valence-electron chi connectivity index (χ0n) is 15.0. The Hall–Kier alpha value is -2.25. The molecule has 0 amide bonds. The number of hydrogen-bond donors (Lipinski definition) is 1. The van der Waals surface area contributed by atoms with Crippen LogP contribution in [-0.4, -0.2) is 29.7 Å². The Morgan fingerprint density at radius 3 is 2.04 bits per heavy atom. The van der Waals surface area contributed by atoms with Crippen molar-refractivity contribution in [3.05, 3.63) is 47.0 Å². The lowest BCUT2D eigenvalue weighted by molar-refractivity contribution is 0.347. The third kappa shape index (κ3) is 4.24. The predicted octanol–water partition coefficient (Wildman–Crippen LogP) is 2.81. The highest BCUT2D eigenvalue weighted by atomic mass is 32.2. The second-order valence-electron chi connectivity index (χ2n) is 5.61. The van der Waals surface area contributed by atoms with E-state index in [1.807, 2.05) is 13.0 Å². The van der Waals surface area contributed by atoms with Gasteiger partial charge in [0.15, 0.2) is 11.5 Å². The van der Waals surface area contributed by atoms with E-state index in [2.05, 4.69) is 4.72 Å². The molecule has 0 atom stereocenters. The summed E-state index contributed by atoms with van der Waals surface area (Å²) < 4.78 is 43.7. The standard InChI is InChI=1S/C18H23NO5S/c1-12-6-7-18(13(2)8-12)25(20,21)19-11-14-9-16(23-4)17(24-5)10-15(14)22-3/h6-10,19H,11H2,1-5H3. The molecular weight excluding hydrogens is 342 g/mol. The summed E-state index contributed by atoms with van der Waals surface area (Å²) in [5.41, 5.74) is 2.36. The molecule has 0 fully saturated rings. The summed E-state index contributed by atoms with van der Waals surface area (Å²) in [5.74, 6) is 1.53. The van der Waals surface area contributed by atoms with Crippen LogP contribution in [0.3, 0.4) is 0 Å². The number of methoxy groups -OCH3 is 3. The van der Waals surface area contributed by atoms with Crippen LogP contribution in [0.25, 0.3) is 0 Å². The van der Waals surface area contributed by atoms with Crippen molar-refractivity contribution in [2.45, 2.75) is 25.3 Å². The molecule has 0 bridgehead atoms. The van der Waals surface area contributed by atoms with Crippen molar-refractivity contribution in [2.75, 3.05) is 21.3 Å². The molecule has 2 aromatic carbocycles. The molecular formula is C18H23NO5S. The third-order valence-corrected chi connectivity index (χ3v) is 5.42. The van der Waals surface area contributed by atoms with Crippen LogP contribution >= 0.6 is 0 Å². The number of nitrogens with one attached hydrogen (secondary N) is 1. The summed E-state index contributed by atoms with van der Waals surface area (Å²) in [6.07, 6.45) is 0. The van der Waals surface area contributed by atoms with Crippen molar-refractivity contribution in [2.24, 2.45) is 0 Å². The summed E-state index contributed by atoms with van der Waals surface area (Å²) >= 11 is 0. The second-order valence-corrected chi connectivity index (χ2v) is 7.35. The summed E-state index contributed by atoms with van der Waals surface area (Å²) in [5, 5.41) is 0. The molecule has 0 saturated carbocycles. The fraction of sp³-hybridized carbons (Fsp3) is 0.333. The minimum absolute atomic E-state index is 0.0686. The Labute approximate surface area is 148 Å². The van der Waals surface area contributed by atoms with Crippen LogP contribution in [0.1, 0.15) is 16.7 Å². The first kappa shape index (κ1) is 19.1. The maximum Gasteiger partial charge on any atom is 0.241 e. The topological polar surface area (TPSA) is 73.9 Å². The van der Waals surface area contributed by atoms with E-state index >= 15 is 0 Å². The molecule has 0 heterocycles. The van der Waals surface area contributed by atoms with E-state index < -0.39 is 10.0 Å². The van der Waals surface area contributed by atoms with Gasteiger partial charge in [0.25, 0.3) is 0 Å². The fourth-order valence-corrected chi connectivity index (χ4v) is 3.81. The monoisotopic (exact) mass is 365 g/mol. The predicted molar refractivity (Wildman–Crippen MR) is 96.0 cm³/mol. The van der Waals surface area contributed by atoms with Crippen LogP contribution < -0.4 is 18.9 Å². The van der Waals surface area contributed by atoms with Gasteiger partial charge in [0.05, 0.1) is 26.2 Å². The largest absolute Gasteiger partial charge is 0.496 e. The number of benzene rings is 2. The van der Waals surface area contributed by atoms with Gasteiger partial charge in [0, 0.05) is 18.2 Å². The van der Waals surface area contributed by atoms with E-state index in [0.29, 0.717) is 28.4 Å². The van der Waals surface area contributed by atoms with Crippen LogP contribution in [0.2, 0.25) is 0 Å². The van der Waals surface area contributed by atoms with E-state index in [-0.39, 0.29) is 11.4 Å². The fourth-order valence-electron chi connectivity index (χ4n) is 2.58. The van der Waals surface area contributed by atoms with Gasteiger partial charge in [-0.1, -0.05) is 17.7 Å². The third-order valence-electron chi connectivity index (χ3n) is 3.86. The van der Waals surface area contributed by atoms with Crippen LogP contribution in [0.15, 0.2) is 35.2 Å². The van der Waals surface area contributed by atoms with E-state index in [4.69, 9.17) is 14.2 Å². The quantitative estimate of drug-likeness (QED) is 0.817. The van der Waals surface area contributed by atoms with Crippen molar-refractivity contribution < 1.29 is 22.6 Å². The van der Waals surface area contributed by atoms with Gasteiger partial charge in [-0.25, -0.2) is 13.1 Å². The maximum absolute atomic E-state index is 12.6. The van der Waals surface area contributed by atoms with Crippen molar-refractivity contribution in [1.29, 1.82) is 0 Å². The Kier molecular flexibility index (Phi) is 5.92. The first-order chi connectivity index (χ1) is 11.8. The molecule has 6 nitrogen and oxygen atoms in total. The minimum Gasteiger partial charge on any atom is -0.496 e. The Morgan fingerprint density at radius 2 is 1.48 bits per heavy atom. The molecule has 0 aromatic heterocycles. The van der Waals surface area contributed by atoms with Gasteiger partial charge in [-0.15, -0.1) is 0 Å². The number of ether oxygens (including phenoxy) is 3. The van der Waals surface area contributed by atoms with Gasteiger partial charge in [0.2, 0.25) is 10.0 Å². The maximum atomic E-state index is 12.6. The van der Waals surface area contributed by atoms with Crippen molar-refractivity contribution >= 4 is 10.0 Å². The molecule has 0 radical (unpaired) electrons. The molecule has 0 aliphatic heterocycles. The lowest BCUT2D eigenvalue weighted by Crippen LogP contribution is -2.24. The SMILES string of the molecule is COc1cc(OC)c(OC)cc1CNS(=O)(=O)c1ccc(C)cc1C. The second kappa shape index (κ2) is 7.76. The average molecular weight is 365 g/mol. The van der Waals surface area contributed by atoms with Crippen LogP contribution in [-0.2, 0) is 16.6 Å². The lowest BCUT2D eigenvalue weighted by atomic mass is 10.1. The van der Waals surface area contributed by atoms with Crippen LogP contribution in [0.5, 0.6) is 17.2 Å². The molecule has 2 rings (SSSR count). The molecule has 0 aliphatic carbocycles. The Balaban J connectivity index is 2.31. The Bertz CT molecular complexity index is 862. The lowest BCUT2D eigenvalue weighted by Gasteiger charge is -2.15.